The van der Waals surface area contributed by atoms with Crippen molar-refractivity contribution < 1.29 is 4.79 Å². The van der Waals surface area contributed by atoms with Crippen molar-refractivity contribution in [2.45, 2.75) is 18.9 Å². The predicted molar refractivity (Wildman–Crippen MR) is 102 cm³/mol. The summed E-state index contributed by atoms with van der Waals surface area (Å²) in [4.78, 5) is 16.4. The molecule has 0 bridgehead atoms. The third-order valence-corrected chi connectivity index (χ3v) is 5.51. The van der Waals surface area contributed by atoms with Gasteiger partial charge in [-0.05, 0) is 32.5 Å². The van der Waals surface area contributed by atoms with Gasteiger partial charge in [0.2, 0.25) is 5.91 Å². The molecule has 0 aliphatic carbocycles. The Morgan fingerprint density at radius 2 is 1.96 bits per heavy atom. The molecule has 1 aliphatic rings. The number of rotatable bonds is 6. The lowest BCUT2D eigenvalue weighted by molar-refractivity contribution is -0.118. The number of nitrogens with zero attached hydrogens (tertiary/aromatic N) is 2. The molecule has 1 fully saturated rings. The maximum Gasteiger partial charge on any atom is 0.230 e. The summed E-state index contributed by atoms with van der Waals surface area (Å²) in [6.07, 6.45) is 2.41. The molecule has 0 aromatic heterocycles. The minimum absolute atomic E-state index is 0.0410. The second kappa shape index (κ2) is 9.25. The number of amides is 1. The van der Waals surface area contributed by atoms with Crippen molar-refractivity contribution in [1.82, 2.24) is 15.1 Å². The Morgan fingerprint density at radius 3 is 2.57 bits per heavy atom. The van der Waals surface area contributed by atoms with Crippen molar-refractivity contribution in [1.29, 1.82) is 0 Å². The van der Waals surface area contributed by atoms with Crippen LogP contribution in [0.3, 0.4) is 0 Å². The van der Waals surface area contributed by atoms with Crippen molar-refractivity contribution in [3.8, 4) is 0 Å². The fraction of sp³-hybridized carbons (Fsp3) is 0.529. The zero-order valence-corrected chi connectivity index (χ0v) is 15.5. The number of carbonyl (C=O) groups is 1. The maximum absolute atomic E-state index is 12.1. The van der Waals surface area contributed by atoms with Crippen LogP contribution in [0.4, 0.5) is 0 Å². The van der Waals surface area contributed by atoms with Crippen LogP contribution in [0, 0.1) is 0 Å². The average molecular weight is 352 g/mol. The summed E-state index contributed by atoms with van der Waals surface area (Å²) in [5, 5.41) is 3.03. The fourth-order valence-electron chi connectivity index (χ4n) is 2.65. The SMILES string of the molecule is CN(C)[C@H](CNC(=O)CSC(=S)N1CCCC1)c1ccccc1. The van der Waals surface area contributed by atoms with E-state index in [0.29, 0.717) is 12.3 Å². The van der Waals surface area contributed by atoms with E-state index < -0.39 is 0 Å². The molecule has 1 N–H and O–H groups in total. The highest BCUT2D eigenvalue weighted by Gasteiger charge is 2.18. The van der Waals surface area contributed by atoms with E-state index in [0.717, 1.165) is 17.4 Å². The molecule has 1 aromatic carbocycles. The number of thioether (sulfide) groups is 1. The fourth-order valence-corrected chi connectivity index (χ4v) is 3.73. The monoisotopic (exact) mass is 351 g/mol. The molecule has 0 unspecified atom stereocenters. The van der Waals surface area contributed by atoms with E-state index in [1.807, 2.05) is 32.3 Å². The topological polar surface area (TPSA) is 35.6 Å². The molecule has 1 aromatic rings. The van der Waals surface area contributed by atoms with E-state index in [1.165, 1.54) is 30.2 Å². The van der Waals surface area contributed by atoms with Crippen LogP contribution in [-0.2, 0) is 4.79 Å². The molecule has 1 atom stereocenters. The summed E-state index contributed by atoms with van der Waals surface area (Å²) >= 11 is 6.86. The van der Waals surface area contributed by atoms with Gasteiger partial charge < -0.3 is 15.1 Å². The molecule has 126 valence electrons. The van der Waals surface area contributed by atoms with Crippen LogP contribution in [0.5, 0.6) is 0 Å². The molecule has 0 spiro atoms. The van der Waals surface area contributed by atoms with E-state index in [-0.39, 0.29) is 11.9 Å². The molecule has 4 nitrogen and oxygen atoms in total. The van der Waals surface area contributed by atoms with E-state index in [4.69, 9.17) is 12.2 Å². The summed E-state index contributed by atoms with van der Waals surface area (Å²) in [5.41, 5.74) is 1.21. The lowest BCUT2D eigenvalue weighted by atomic mass is 10.1. The van der Waals surface area contributed by atoms with Gasteiger partial charge in [-0.15, -0.1) is 0 Å². The van der Waals surface area contributed by atoms with E-state index in [9.17, 15) is 4.79 Å². The van der Waals surface area contributed by atoms with Crippen LogP contribution in [-0.4, -0.2) is 59.5 Å². The third-order valence-electron chi connectivity index (χ3n) is 3.99. The largest absolute Gasteiger partial charge is 0.358 e. The van der Waals surface area contributed by atoms with Crippen molar-refractivity contribution in [2.24, 2.45) is 0 Å². The third kappa shape index (κ3) is 5.79. The normalized spacial score (nSPS) is 15.7. The number of likely N-dealkylation sites (N-methyl/N-ethyl adjacent to an activating group) is 1. The molecule has 1 saturated heterocycles. The van der Waals surface area contributed by atoms with Gasteiger partial charge in [0.05, 0.1) is 11.8 Å². The predicted octanol–water partition coefficient (Wildman–Crippen LogP) is 2.52. The summed E-state index contributed by atoms with van der Waals surface area (Å²) in [6.45, 7) is 2.67. The van der Waals surface area contributed by atoms with Crippen LogP contribution >= 0.6 is 24.0 Å². The maximum atomic E-state index is 12.1. The highest BCUT2D eigenvalue weighted by molar-refractivity contribution is 8.23. The number of nitrogens with one attached hydrogen (secondary N) is 1. The van der Waals surface area contributed by atoms with Gasteiger partial charge >= 0.3 is 0 Å². The highest BCUT2D eigenvalue weighted by atomic mass is 32.2. The van der Waals surface area contributed by atoms with Crippen LogP contribution in [0.25, 0.3) is 0 Å². The molecule has 1 amide bonds. The minimum atomic E-state index is 0.0410. The van der Waals surface area contributed by atoms with Crippen LogP contribution in [0.2, 0.25) is 0 Å². The van der Waals surface area contributed by atoms with Crippen molar-refractivity contribution in [3.63, 3.8) is 0 Å². The van der Waals surface area contributed by atoms with Gasteiger partial charge in [0.25, 0.3) is 0 Å². The molecule has 23 heavy (non-hydrogen) atoms. The minimum Gasteiger partial charge on any atom is -0.358 e. The molecule has 1 aliphatic heterocycles. The van der Waals surface area contributed by atoms with Crippen LogP contribution in [0.1, 0.15) is 24.4 Å². The van der Waals surface area contributed by atoms with Gasteiger partial charge in [0, 0.05) is 19.6 Å². The number of benzene rings is 1. The van der Waals surface area contributed by atoms with Gasteiger partial charge in [-0.3, -0.25) is 4.79 Å². The molecule has 6 heteroatoms. The first-order chi connectivity index (χ1) is 11.1. The van der Waals surface area contributed by atoms with E-state index in [1.54, 1.807) is 0 Å². The van der Waals surface area contributed by atoms with Crippen molar-refractivity contribution in [3.05, 3.63) is 35.9 Å². The van der Waals surface area contributed by atoms with E-state index in [2.05, 4.69) is 27.2 Å². The quantitative estimate of drug-likeness (QED) is 0.797. The highest BCUT2D eigenvalue weighted by Crippen LogP contribution is 2.18. The van der Waals surface area contributed by atoms with E-state index >= 15 is 0 Å². The Labute approximate surface area is 148 Å². The lowest BCUT2D eigenvalue weighted by Gasteiger charge is -2.25. The molecule has 1 heterocycles. The number of hydrogen-bond donors (Lipinski definition) is 1. The Balaban J connectivity index is 1.76. The van der Waals surface area contributed by atoms with Gasteiger partial charge in [0.15, 0.2) is 0 Å². The second-order valence-corrected chi connectivity index (χ2v) is 7.55. The molecule has 0 saturated carbocycles. The van der Waals surface area contributed by atoms with Crippen molar-refractivity contribution >= 4 is 34.2 Å². The van der Waals surface area contributed by atoms with Crippen LogP contribution in [0.15, 0.2) is 30.3 Å². The van der Waals surface area contributed by atoms with Gasteiger partial charge in [-0.2, -0.15) is 0 Å². The standard InChI is InChI=1S/C17H25N3OS2/c1-19(2)15(14-8-4-3-5-9-14)12-18-16(21)13-23-17(22)20-10-6-7-11-20/h3-5,8-9,15H,6-7,10-13H2,1-2H3,(H,18,21)/t15-/m1/s1. The number of carbonyl (C=O) groups excluding carboxylic acids is 1. The summed E-state index contributed by atoms with van der Waals surface area (Å²) in [6, 6.07) is 10.4. The second-order valence-electron chi connectivity index (χ2n) is 5.94. The Hall–Kier alpha value is -1.11. The zero-order chi connectivity index (χ0) is 16.7. The summed E-state index contributed by atoms with van der Waals surface area (Å²) < 4.78 is 0.852. The van der Waals surface area contributed by atoms with Crippen LogP contribution < -0.4 is 5.32 Å². The summed E-state index contributed by atoms with van der Waals surface area (Å²) in [7, 11) is 4.06. The lowest BCUT2D eigenvalue weighted by Crippen LogP contribution is -2.36. The molecular formula is C17H25N3OS2. The average Bonchev–Trinajstić information content (AvgIpc) is 3.08. The molecule has 0 radical (unpaired) electrons. The van der Waals surface area contributed by atoms with Gasteiger partial charge in [0.1, 0.15) is 4.32 Å². The van der Waals surface area contributed by atoms with Crippen molar-refractivity contribution in [2.75, 3.05) is 39.5 Å². The smallest absolute Gasteiger partial charge is 0.230 e. The zero-order valence-electron chi connectivity index (χ0n) is 13.8. The molecule has 2 rings (SSSR count). The number of likely N-dealkylation sites (tertiary alicyclic amines) is 1. The first-order valence-electron chi connectivity index (χ1n) is 7.97. The first-order valence-corrected chi connectivity index (χ1v) is 9.37. The van der Waals surface area contributed by atoms with Gasteiger partial charge in [-0.25, -0.2) is 0 Å². The van der Waals surface area contributed by atoms with Gasteiger partial charge in [-0.1, -0.05) is 54.3 Å². The number of hydrogen-bond acceptors (Lipinski definition) is 4. The Morgan fingerprint density at radius 1 is 1.30 bits per heavy atom. The summed E-state index contributed by atoms with van der Waals surface area (Å²) in [5.74, 6) is 0.434. The number of thiocarbonyl (C=S) groups is 1. The Kier molecular flexibility index (Phi) is 7.33. The molecular weight excluding hydrogens is 326 g/mol. The Bertz CT molecular complexity index is 516. The first kappa shape index (κ1) is 18.2.